The molecule has 1 unspecified atom stereocenters. The molecule has 1 aromatic heterocycles. The fraction of sp³-hybridized carbons (Fsp3) is 0.208. The second-order valence-electron chi connectivity index (χ2n) is 7.23. The van der Waals surface area contributed by atoms with Crippen molar-refractivity contribution in [2.75, 3.05) is 10.8 Å². The van der Waals surface area contributed by atoms with Gasteiger partial charge in [-0.2, -0.15) is 0 Å². The molecule has 0 bridgehead atoms. The van der Waals surface area contributed by atoms with Gasteiger partial charge in [-0.3, -0.25) is 4.79 Å². The molecule has 1 heterocycles. The van der Waals surface area contributed by atoms with Crippen molar-refractivity contribution in [3.05, 3.63) is 84.1 Å². The number of sulfonamides is 1. The minimum Gasteiger partial charge on any atom is -0.440 e. The zero-order valence-corrected chi connectivity index (χ0v) is 18.5. The maximum Gasteiger partial charge on any atom is 0.304 e. The van der Waals surface area contributed by atoms with Gasteiger partial charge in [0.15, 0.2) is 0 Å². The molecule has 6 nitrogen and oxygen atoms in total. The number of hydrogen-bond acceptors (Lipinski definition) is 4. The van der Waals surface area contributed by atoms with Crippen molar-refractivity contribution < 1.29 is 17.9 Å². The van der Waals surface area contributed by atoms with Crippen LogP contribution < -0.4 is 4.31 Å². The first kappa shape index (κ1) is 22.2. The maximum atomic E-state index is 13.7. The summed E-state index contributed by atoms with van der Waals surface area (Å²) < 4.78 is 35.9. The highest BCUT2D eigenvalue weighted by atomic mass is 32.2. The van der Waals surface area contributed by atoms with Gasteiger partial charge in [-0.25, -0.2) is 12.7 Å². The van der Waals surface area contributed by atoms with Crippen LogP contribution in [0.1, 0.15) is 18.1 Å². The molecule has 0 radical (unpaired) electrons. The van der Waals surface area contributed by atoms with E-state index < -0.39 is 21.6 Å². The van der Waals surface area contributed by atoms with Crippen molar-refractivity contribution in [3.8, 4) is 12.3 Å². The zero-order chi connectivity index (χ0) is 22.6. The summed E-state index contributed by atoms with van der Waals surface area (Å²) in [5, 5.41) is 0. The number of carbonyl (C=O) groups excluding carboxylic acids is 1. The molecule has 2 aromatic carbocycles. The Morgan fingerprint density at radius 3 is 2.26 bits per heavy atom. The summed E-state index contributed by atoms with van der Waals surface area (Å²) in [6.07, 6.45) is 7.61. The SMILES string of the molecule is C#CC(CN(c1cccn1C)S(=O)(=O)c1ccc(C)cc1)(OC(C)=O)c1ccccc1. The van der Waals surface area contributed by atoms with Gasteiger partial charge in [0, 0.05) is 25.7 Å². The summed E-state index contributed by atoms with van der Waals surface area (Å²) in [5.74, 6) is 2.33. The number of carbonyl (C=O) groups is 1. The standard InChI is InChI=1S/C24H24N2O4S/c1-5-24(30-20(3)27,21-10-7-6-8-11-21)18-26(23-12-9-17-25(23)4)31(28,29)22-15-13-19(2)14-16-22/h1,6-17H,18H2,2-4H3. The van der Waals surface area contributed by atoms with Crippen molar-refractivity contribution in [2.24, 2.45) is 7.05 Å². The predicted octanol–water partition coefficient (Wildman–Crippen LogP) is 3.62. The Labute approximate surface area is 183 Å². The number of rotatable bonds is 7. The molecule has 0 aliphatic rings. The number of esters is 1. The third kappa shape index (κ3) is 4.49. The second kappa shape index (κ2) is 8.70. The topological polar surface area (TPSA) is 68.6 Å². The van der Waals surface area contributed by atoms with Gasteiger partial charge in [0.05, 0.1) is 11.4 Å². The van der Waals surface area contributed by atoms with Crippen molar-refractivity contribution in [2.45, 2.75) is 24.3 Å². The van der Waals surface area contributed by atoms with E-state index in [1.54, 1.807) is 84.5 Å². The van der Waals surface area contributed by atoms with Crippen LogP contribution >= 0.6 is 0 Å². The quantitative estimate of drug-likeness (QED) is 0.419. The Hall–Kier alpha value is -3.50. The van der Waals surface area contributed by atoms with Gasteiger partial charge >= 0.3 is 5.97 Å². The Balaban J connectivity index is 2.20. The van der Waals surface area contributed by atoms with Crippen LogP contribution in [-0.2, 0) is 32.2 Å². The maximum absolute atomic E-state index is 13.7. The summed E-state index contributed by atoms with van der Waals surface area (Å²) in [6.45, 7) is 2.84. The highest BCUT2D eigenvalue weighted by Gasteiger charge is 2.41. The molecule has 7 heteroatoms. The highest BCUT2D eigenvalue weighted by molar-refractivity contribution is 7.92. The predicted molar refractivity (Wildman–Crippen MR) is 120 cm³/mol. The Bertz CT molecular complexity index is 1210. The summed E-state index contributed by atoms with van der Waals surface area (Å²) >= 11 is 0. The second-order valence-corrected chi connectivity index (χ2v) is 9.10. The summed E-state index contributed by atoms with van der Waals surface area (Å²) in [7, 11) is -2.29. The minimum absolute atomic E-state index is 0.112. The molecule has 0 spiro atoms. The first-order valence-electron chi connectivity index (χ1n) is 9.63. The number of aromatic nitrogens is 1. The Kier molecular flexibility index (Phi) is 6.23. The molecule has 31 heavy (non-hydrogen) atoms. The van der Waals surface area contributed by atoms with Crippen molar-refractivity contribution in [1.29, 1.82) is 0 Å². The van der Waals surface area contributed by atoms with Gasteiger partial charge in [0.25, 0.3) is 10.0 Å². The van der Waals surface area contributed by atoms with E-state index in [1.165, 1.54) is 11.2 Å². The van der Waals surface area contributed by atoms with Gasteiger partial charge in [-0.15, -0.1) is 6.42 Å². The van der Waals surface area contributed by atoms with Crippen LogP contribution in [0.25, 0.3) is 0 Å². The number of terminal acetylenes is 1. The van der Waals surface area contributed by atoms with Gasteiger partial charge in [0.1, 0.15) is 5.82 Å². The van der Waals surface area contributed by atoms with Crippen LogP contribution in [0.2, 0.25) is 0 Å². The van der Waals surface area contributed by atoms with Gasteiger partial charge in [0.2, 0.25) is 5.60 Å². The smallest absolute Gasteiger partial charge is 0.304 e. The van der Waals surface area contributed by atoms with Crippen molar-refractivity contribution in [3.63, 3.8) is 0 Å². The number of benzene rings is 2. The minimum atomic E-state index is -4.02. The molecule has 0 N–H and O–H groups in total. The summed E-state index contributed by atoms with van der Waals surface area (Å²) in [6, 6.07) is 18.7. The van der Waals surface area contributed by atoms with Crippen LogP contribution in [0.4, 0.5) is 5.82 Å². The third-order valence-corrected chi connectivity index (χ3v) is 6.70. The highest BCUT2D eigenvalue weighted by Crippen LogP contribution is 2.32. The molecule has 160 valence electrons. The van der Waals surface area contributed by atoms with Gasteiger partial charge < -0.3 is 9.30 Å². The van der Waals surface area contributed by atoms with Crippen LogP contribution in [0.3, 0.4) is 0 Å². The third-order valence-electron chi connectivity index (χ3n) is 4.94. The normalized spacial score (nSPS) is 13.1. The molecule has 1 atom stereocenters. The first-order chi connectivity index (χ1) is 14.7. The number of ether oxygens (including phenoxy) is 1. The average molecular weight is 437 g/mol. The molecule has 3 aromatic rings. The number of hydrogen-bond donors (Lipinski definition) is 0. The number of aryl methyl sites for hydroxylation is 2. The molecule has 0 fully saturated rings. The lowest BCUT2D eigenvalue weighted by atomic mass is 9.94. The van der Waals surface area contributed by atoms with E-state index in [9.17, 15) is 13.2 Å². The number of nitrogens with zero attached hydrogens (tertiary/aromatic N) is 2. The molecule has 0 amide bonds. The van der Waals surface area contributed by atoms with E-state index in [1.807, 2.05) is 6.92 Å². The van der Waals surface area contributed by atoms with E-state index in [-0.39, 0.29) is 11.4 Å². The lowest BCUT2D eigenvalue weighted by Gasteiger charge is -2.35. The lowest BCUT2D eigenvalue weighted by Crippen LogP contribution is -2.46. The zero-order valence-electron chi connectivity index (χ0n) is 17.6. The monoisotopic (exact) mass is 436 g/mol. The molecular weight excluding hydrogens is 412 g/mol. The molecular formula is C24H24N2O4S. The Morgan fingerprint density at radius 1 is 1.10 bits per heavy atom. The lowest BCUT2D eigenvalue weighted by molar-refractivity contribution is -0.151. The van der Waals surface area contributed by atoms with E-state index in [0.717, 1.165) is 5.56 Å². The summed E-state index contributed by atoms with van der Waals surface area (Å²) in [5.41, 5.74) is -0.174. The fourth-order valence-corrected chi connectivity index (χ4v) is 4.86. The van der Waals surface area contributed by atoms with Gasteiger partial charge in [-0.05, 0) is 31.2 Å². The van der Waals surface area contributed by atoms with E-state index in [2.05, 4.69) is 5.92 Å². The van der Waals surface area contributed by atoms with Crippen LogP contribution in [0.15, 0.2) is 77.8 Å². The van der Waals surface area contributed by atoms with E-state index >= 15 is 0 Å². The average Bonchev–Trinajstić information content (AvgIpc) is 3.17. The first-order valence-corrected chi connectivity index (χ1v) is 11.1. The number of anilines is 1. The van der Waals surface area contributed by atoms with Crippen LogP contribution in [0, 0.1) is 19.3 Å². The van der Waals surface area contributed by atoms with Gasteiger partial charge in [-0.1, -0.05) is 53.9 Å². The van der Waals surface area contributed by atoms with Crippen molar-refractivity contribution >= 4 is 21.8 Å². The Morgan fingerprint density at radius 2 is 1.74 bits per heavy atom. The fourth-order valence-electron chi connectivity index (χ4n) is 3.33. The van der Waals surface area contributed by atoms with E-state index in [0.29, 0.717) is 11.4 Å². The molecule has 0 aliphatic carbocycles. The van der Waals surface area contributed by atoms with E-state index in [4.69, 9.17) is 11.2 Å². The molecule has 0 saturated carbocycles. The van der Waals surface area contributed by atoms with Crippen LogP contribution in [0.5, 0.6) is 0 Å². The van der Waals surface area contributed by atoms with Crippen molar-refractivity contribution in [1.82, 2.24) is 4.57 Å². The molecule has 3 rings (SSSR count). The largest absolute Gasteiger partial charge is 0.440 e. The van der Waals surface area contributed by atoms with Crippen LogP contribution in [-0.4, -0.2) is 25.5 Å². The summed E-state index contributed by atoms with van der Waals surface area (Å²) in [4.78, 5) is 12.1. The molecule has 0 saturated heterocycles. The molecule has 0 aliphatic heterocycles.